The zero-order valence-corrected chi connectivity index (χ0v) is 7.43. The minimum atomic E-state index is -1.18. The fraction of sp³-hybridized carbons (Fsp3) is 0. The first kappa shape index (κ1) is 9.20. The molecule has 0 amide bonds. The second kappa shape index (κ2) is 3.09. The summed E-state index contributed by atoms with van der Waals surface area (Å²) in [5, 5.41) is 19.6. The Kier molecular flexibility index (Phi) is 1.89. The van der Waals surface area contributed by atoms with Crippen LogP contribution in [0.2, 0.25) is 0 Å². The predicted molar refractivity (Wildman–Crippen MR) is 51.9 cm³/mol. The fourth-order valence-electron chi connectivity index (χ4n) is 1.49. The van der Waals surface area contributed by atoms with Gasteiger partial charge in [0.2, 0.25) is 0 Å². The van der Waals surface area contributed by atoms with Gasteiger partial charge in [-0.25, -0.2) is 4.79 Å². The zero-order chi connectivity index (χ0) is 11.0. The number of aromatic carboxylic acids is 1. The van der Waals surface area contributed by atoms with Crippen molar-refractivity contribution in [3.8, 4) is 0 Å². The van der Waals surface area contributed by atoms with Crippen LogP contribution in [0.25, 0.3) is 10.9 Å². The van der Waals surface area contributed by atoms with Crippen LogP contribution >= 0.6 is 0 Å². The summed E-state index contributed by atoms with van der Waals surface area (Å²) in [4.78, 5) is 23.5. The molecule has 0 aliphatic heterocycles. The van der Waals surface area contributed by atoms with Crippen molar-refractivity contribution >= 4 is 22.6 Å². The second-order valence-corrected chi connectivity index (χ2v) is 2.96. The number of nitrogens with one attached hydrogen (secondary N) is 1. The topological polar surface area (TPSA) is 96.2 Å². The molecule has 0 aliphatic rings. The van der Waals surface area contributed by atoms with Gasteiger partial charge in [0.1, 0.15) is 0 Å². The molecule has 0 saturated heterocycles. The summed E-state index contributed by atoms with van der Waals surface area (Å²) in [6.45, 7) is 0. The molecule has 76 valence electrons. The van der Waals surface area contributed by atoms with E-state index in [0.717, 1.165) is 0 Å². The Balaban J connectivity index is 2.86. The number of carboxylic acid groups (broad SMARTS) is 1. The van der Waals surface area contributed by atoms with Crippen LogP contribution in [0.15, 0.2) is 24.4 Å². The number of rotatable bonds is 2. The highest BCUT2D eigenvalue weighted by Crippen LogP contribution is 2.28. The smallest absolute Gasteiger partial charge is 0.336 e. The molecule has 2 N–H and O–H groups in total. The summed E-state index contributed by atoms with van der Waals surface area (Å²) in [5.41, 5.74) is 0.157. The summed E-state index contributed by atoms with van der Waals surface area (Å²) >= 11 is 0. The van der Waals surface area contributed by atoms with Gasteiger partial charge in [0.25, 0.3) is 5.69 Å². The molecule has 2 aromatic rings. The number of nitro groups is 1. The van der Waals surface area contributed by atoms with E-state index in [4.69, 9.17) is 5.11 Å². The van der Waals surface area contributed by atoms with Crippen molar-refractivity contribution in [3.05, 3.63) is 40.1 Å². The first-order chi connectivity index (χ1) is 7.11. The molecule has 1 heterocycles. The number of aromatic amines is 1. The number of H-pyrrole nitrogens is 1. The van der Waals surface area contributed by atoms with Gasteiger partial charge in [-0.05, 0) is 12.1 Å². The lowest BCUT2D eigenvalue weighted by atomic mass is 10.1. The molecule has 0 radical (unpaired) electrons. The Morgan fingerprint density at radius 2 is 2.20 bits per heavy atom. The minimum absolute atomic E-state index is 0.0690. The Morgan fingerprint density at radius 3 is 2.80 bits per heavy atom. The van der Waals surface area contributed by atoms with Crippen molar-refractivity contribution < 1.29 is 14.8 Å². The summed E-state index contributed by atoms with van der Waals surface area (Å²) in [7, 11) is 0. The van der Waals surface area contributed by atoms with E-state index in [1.807, 2.05) is 0 Å². The Bertz CT molecular complexity index is 558. The molecule has 0 aliphatic carbocycles. The van der Waals surface area contributed by atoms with Gasteiger partial charge in [-0.2, -0.15) is 0 Å². The number of hydrogen-bond acceptors (Lipinski definition) is 3. The van der Waals surface area contributed by atoms with Crippen molar-refractivity contribution in [1.82, 2.24) is 4.98 Å². The van der Waals surface area contributed by atoms with Gasteiger partial charge in [0.15, 0.2) is 0 Å². The molecule has 6 nitrogen and oxygen atoms in total. The third-order valence-electron chi connectivity index (χ3n) is 2.11. The van der Waals surface area contributed by atoms with Gasteiger partial charge in [-0.3, -0.25) is 10.1 Å². The third-order valence-corrected chi connectivity index (χ3v) is 2.11. The maximum Gasteiger partial charge on any atom is 0.336 e. The summed E-state index contributed by atoms with van der Waals surface area (Å²) in [5.74, 6) is -1.18. The van der Waals surface area contributed by atoms with Crippen LogP contribution in [0, 0.1) is 10.1 Å². The Labute approximate surface area is 83.3 Å². The van der Waals surface area contributed by atoms with E-state index in [1.165, 1.54) is 18.3 Å². The van der Waals surface area contributed by atoms with E-state index < -0.39 is 10.9 Å². The third kappa shape index (κ3) is 1.32. The van der Waals surface area contributed by atoms with Crippen LogP contribution in [0.3, 0.4) is 0 Å². The Morgan fingerprint density at radius 1 is 1.47 bits per heavy atom. The molecule has 6 heteroatoms. The molecule has 0 spiro atoms. The van der Waals surface area contributed by atoms with E-state index in [0.29, 0.717) is 5.52 Å². The van der Waals surface area contributed by atoms with Gasteiger partial charge in [-0.1, -0.05) is 6.07 Å². The van der Waals surface area contributed by atoms with E-state index in [2.05, 4.69) is 4.98 Å². The standard InChI is InChI=1S/C9H6N2O4/c12-9(13)5-2-1-3-6-8(5)7(4-10-6)11(14)15/h1-4,10H,(H,12,13). The van der Waals surface area contributed by atoms with Gasteiger partial charge >= 0.3 is 5.97 Å². The highest BCUT2D eigenvalue weighted by Gasteiger charge is 2.20. The Hall–Kier alpha value is -2.37. The molecule has 0 saturated carbocycles. The van der Waals surface area contributed by atoms with E-state index >= 15 is 0 Å². The molecule has 1 aromatic heterocycles. The molecule has 2 rings (SSSR count). The normalized spacial score (nSPS) is 10.4. The number of nitrogens with zero attached hydrogens (tertiary/aromatic N) is 1. The molecule has 0 unspecified atom stereocenters. The maximum absolute atomic E-state index is 10.9. The lowest BCUT2D eigenvalue weighted by Gasteiger charge is -1.96. The molecule has 0 fully saturated rings. The second-order valence-electron chi connectivity index (χ2n) is 2.96. The average Bonchev–Trinajstić information content (AvgIpc) is 2.60. The van der Waals surface area contributed by atoms with Crippen molar-refractivity contribution in [2.24, 2.45) is 0 Å². The molecular weight excluding hydrogens is 200 g/mol. The van der Waals surface area contributed by atoms with Crippen molar-refractivity contribution in [1.29, 1.82) is 0 Å². The molecule has 0 atom stereocenters. The predicted octanol–water partition coefficient (Wildman–Crippen LogP) is 1.77. The molecule has 15 heavy (non-hydrogen) atoms. The van der Waals surface area contributed by atoms with E-state index in [-0.39, 0.29) is 16.6 Å². The van der Waals surface area contributed by atoms with Crippen LogP contribution in [0.4, 0.5) is 5.69 Å². The zero-order valence-electron chi connectivity index (χ0n) is 7.43. The number of carbonyl (C=O) groups is 1. The number of hydrogen-bond donors (Lipinski definition) is 2. The largest absolute Gasteiger partial charge is 0.478 e. The van der Waals surface area contributed by atoms with Crippen molar-refractivity contribution in [2.45, 2.75) is 0 Å². The van der Waals surface area contributed by atoms with Crippen LogP contribution in [0.1, 0.15) is 10.4 Å². The number of benzene rings is 1. The van der Waals surface area contributed by atoms with Crippen molar-refractivity contribution in [2.75, 3.05) is 0 Å². The average molecular weight is 206 g/mol. The van der Waals surface area contributed by atoms with Crippen molar-refractivity contribution in [3.63, 3.8) is 0 Å². The van der Waals surface area contributed by atoms with Gasteiger partial charge < -0.3 is 10.1 Å². The van der Waals surface area contributed by atoms with Crippen LogP contribution in [0.5, 0.6) is 0 Å². The number of aromatic nitrogens is 1. The number of carboxylic acids is 1. The summed E-state index contributed by atoms with van der Waals surface area (Å²) < 4.78 is 0. The lowest BCUT2D eigenvalue weighted by Crippen LogP contribution is -1.98. The van der Waals surface area contributed by atoms with Crippen LogP contribution < -0.4 is 0 Å². The molecule has 1 aromatic carbocycles. The first-order valence-electron chi connectivity index (χ1n) is 4.09. The highest BCUT2D eigenvalue weighted by atomic mass is 16.6. The highest BCUT2D eigenvalue weighted by molar-refractivity contribution is 6.06. The monoisotopic (exact) mass is 206 g/mol. The maximum atomic E-state index is 10.9. The SMILES string of the molecule is O=C(O)c1cccc2[nH]cc([N+](=O)[O-])c12. The lowest BCUT2D eigenvalue weighted by molar-refractivity contribution is -0.383. The molecular formula is C9H6N2O4. The summed E-state index contributed by atoms with van der Waals surface area (Å²) in [6.07, 6.45) is 1.19. The van der Waals surface area contributed by atoms with Crippen LogP contribution in [-0.4, -0.2) is 21.0 Å². The van der Waals surface area contributed by atoms with Gasteiger partial charge in [-0.15, -0.1) is 0 Å². The summed E-state index contributed by atoms with van der Waals surface area (Å²) in [6, 6.07) is 4.46. The first-order valence-corrected chi connectivity index (χ1v) is 4.09. The van der Waals surface area contributed by atoms with Gasteiger partial charge in [0.05, 0.1) is 27.6 Å². The number of fused-ring (bicyclic) bond motifs is 1. The minimum Gasteiger partial charge on any atom is -0.478 e. The van der Waals surface area contributed by atoms with E-state index in [1.54, 1.807) is 6.07 Å². The quantitative estimate of drug-likeness (QED) is 0.578. The molecule has 0 bridgehead atoms. The van der Waals surface area contributed by atoms with Crippen LogP contribution in [-0.2, 0) is 0 Å². The fourth-order valence-corrected chi connectivity index (χ4v) is 1.49. The van der Waals surface area contributed by atoms with Gasteiger partial charge in [0, 0.05) is 0 Å². The van der Waals surface area contributed by atoms with E-state index in [9.17, 15) is 14.9 Å².